The Balaban J connectivity index is 1.52. The standard InChI is InChI=1S/C18H24N2O5/c21-15-5-1-3-13(17(15)23)11-19-7-9-25-10-8-20-12-14-4-2-6-16(22)18(14)24/h1-6,19-24H,7-12H2. The highest BCUT2D eigenvalue weighted by molar-refractivity contribution is 5.44. The fraction of sp³-hybridized carbons (Fsp3) is 0.333. The molecule has 7 nitrogen and oxygen atoms in total. The third-order valence-electron chi connectivity index (χ3n) is 3.67. The van der Waals surface area contributed by atoms with Gasteiger partial charge in [0.25, 0.3) is 0 Å². The zero-order valence-electron chi connectivity index (χ0n) is 13.9. The Kier molecular flexibility index (Phi) is 7.34. The first-order valence-electron chi connectivity index (χ1n) is 8.08. The van der Waals surface area contributed by atoms with E-state index in [-0.39, 0.29) is 23.0 Å². The van der Waals surface area contributed by atoms with Crippen LogP contribution in [0.5, 0.6) is 23.0 Å². The third-order valence-corrected chi connectivity index (χ3v) is 3.67. The topological polar surface area (TPSA) is 114 Å². The van der Waals surface area contributed by atoms with E-state index in [0.29, 0.717) is 50.5 Å². The molecule has 0 amide bonds. The van der Waals surface area contributed by atoms with Gasteiger partial charge in [0.2, 0.25) is 0 Å². The molecule has 6 N–H and O–H groups in total. The number of para-hydroxylation sites is 2. The number of ether oxygens (including phenoxy) is 1. The Morgan fingerprint density at radius 3 is 1.56 bits per heavy atom. The molecule has 0 aliphatic heterocycles. The Morgan fingerprint density at radius 2 is 1.12 bits per heavy atom. The third kappa shape index (κ3) is 5.82. The van der Waals surface area contributed by atoms with Crippen molar-refractivity contribution >= 4 is 0 Å². The summed E-state index contributed by atoms with van der Waals surface area (Å²) in [6.07, 6.45) is 0. The number of hydrogen-bond acceptors (Lipinski definition) is 7. The van der Waals surface area contributed by atoms with E-state index in [4.69, 9.17) is 4.74 Å². The van der Waals surface area contributed by atoms with Gasteiger partial charge < -0.3 is 35.8 Å². The van der Waals surface area contributed by atoms with Crippen LogP contribution in [0.25, 0.3) is 0 Å². The number of aromatic hydroxyl groups is 4. The number of phenols is 4. The Hall–Kier alpha value is -2.48. The molecule has 0 aliphatic carbocycles. The molecule has 0 spiro atoms. The zero-order valence-corrected chi connectivity index (χ0v) is 13.9. The summed E-state index contributed by atoms with van der Waals surface area (Å²) in [5, 5.41) is 44.4. The molecule has 0 heterocycles. The summed E-state index contributed by atoms with van der Waals surface area (Å²) in [5.41, 5.74) is 1.26. The van der Waals surface area contributed by atoms with Crippen molar-refractivity contribution in [2.75, 3.05) is 26.3 Å². The molecule has 0 saturated heterocycles. The lowest BCUT2D eigenvalue weighted by atomic mass is 10.2. The molecule has 0 bridgehead atoms. The minimum absolute atomic E-state index is 0.102. The van der Waals surface area contributed by atoms with Crippen molar-refractivity contribution in [1.29, 1.82) is 0 Å². The van der Waals surface area contributed by atoms with Gasteiger partial charge in [0.05, 0.1) is 13.2 Å². The van der Waals surface area contributed by atoms with E-state index < -0.39 is 0 Å². The van der Waals surface area contributed by atoms with Crippen LogP contribution in [-0.2, 0) is 17.8 Å². The van der Waals surface area contributed by atoms with Gasteiger partial charge in [0.15, 0.2) is 23.0 Å². The molecule has 0 atom stereocenters. The number of benzene rings is 2. The second kappa shape index (κ2) is 9.73. The summed E-state index contributed by atoms with van der Waals surface area (Å²) in [5.74, 6) is -0.454. The molecule has 0 fully saturated rings. The van der Waals surface area contributed by atoms with Gasteiger partial charge in [-0.1, -0.05) is 24.3 Å². The van der Waals surface area contributed by atoms with Gasteiger partial charge >= 0.3 is 0 Å². The lowest BCUT2D eigenvalue weighted by molar-refractivity contribution is 0.137. The van der Waals surface area contributed by atoms with Crippen molar-refractivity contribution in [1.82, 2.24) is 10.6 Å². The highest BCUT2D eigenvalue weighted by Gasteiger charge is 2.05. The van der Waals surface area contributed by atoms with Crippen LogP contribution in [0.3, 0.4) is 0 Å². The molecule has 2 aromatic rings. The van der Waals surface area contributed by atoms with E-state index in [9.17, 15) is 20.4 Å². The molecule has 0 aliphatic rings. The monoisotopic (exact) mass is 348 g/mol. The van der Waals surface area contributed by atoms with Gasteiger partial charge in [0, 0.05) is 37.3 Å². The lowest BCUT2D eigenvalue weighted by Gasteiger charge is -2.10. The molecule has 7 heteroatoms. The Bertz CT molecular complexity index is 621. The van der Waals surface area contributed by atoms with Crippen molar-refractivity contribution in [3.63, 3.8) is 0 Å². The van der Waals surface area contributed by atoms with E-state index in [0.717, 1.165) is 0 Å². The van der Waals surface area contributed by atoms with Crippen molar-refractivity contribution in [3.8, 4) is 23.0 Å². The Morgan fingerprint density at radius 1 is 0.680 bits per heavy atom. The van der Waals surface area contributed by atoms with Crippen LogP contribution in [0, 0.1) is 0 Å². The minimum atomic E-state index is -0.126. The van der Waals surface area contributed by atoms with Crippen LogP contribution < -0.4 is 10.6 Å². The smallest absolute Gasteiger partial charge is 0.161 e. The van der Waals surface area contributed by atoms with Gasteiger partial charge in [-0.05, 0) is 12.1 Å². The van der Waals surface area contributed by atoms with Crippen LogP contribution in [0.4, 0.5) is 0 Å². The van der Waals surface area contributed by atoms with Gasteiger partial charge in [-0.15, -0.1) is 0 Å². The molecule has 136 valence electrons. The quantitative estimate of drug-likeness (QED) is 0.284. The van der Waals surface area contributed by atoms with Crippen molar-refractivity contribution in [3.05, 3.63) is 47.5 Å². The van der Waals surface area contributed by atoms with Crippen LogP contribution in [-0.4, -0.2) is 46.7 Å². The van der Waals surface area contributed by atoms with Gasteiger partial charge in [-0.2, -0.15) is 0 Å². The maximum absolute atomic E-state index is 9.66. The summed E-state index contributed by atoms with van der Waals surface area (Å²) in [4.78, 5) is 0. The van der Waals surface area contributed by atoms with E-state index in [2.05, 4.69) is 10.6 Å². The van der Waals surface area contributed by atoms with Gasteiger partial charge in [0.1, 0.15) is 0 Å². The molecular formula is C18H24N2O5. The maximum atomic E-state index is 9.66. The van der Waals surface area contributed by atoms with Crippen LogP contribution in [0.2, 0.25) is 0 Å². The van der Waals surface area contributed by atoms with E-state index in [1.54, 1.807) is 24.3 Å². The summed E-state index contributed by atoms with van der Waals surface area (Å²) in [6, 6.07) is 9.71. The first-order valence-corrected chi connectivity index (χ1v) is 8.08. The predicted octanol–water partition coefficient (Wildman–Crippen LogP) is 1.40. The molecule has 2 aromatic carbocycles. The fourth-order valence-electron chi connectivity index (χ4n) is 2.28. The number of rotatable bonds is 10. The molecule has 2 rings (SSSR count). The molecular weight excluding hydrogens is 324 g/mol. The molecule has 0 unspecified atom stereocenters. The molecule has 25 heavy (non-hydrogen) atoms. The maximum Gasteiger partial charge on any atom is 0.161 e. The summed E-state index contributed by atoms with van der Waals surface area (Å²) < 4.78 is 5.47. The van der Waals surface area contributed by atoms with Crippen molar-refractivity contribution in [2.24, 2.45) is 0 Å². The summed E-state index contributed by atoms with van der Waals surface area (Å²) in [7, 11) is 0. The average Bonchev–Trinajstić information content (AvgIpc) is 2.60. The number of phenolic OH excluding ortho intramolecular Hbond substituents is 4. The molecule has 0 aromatic heterocycles. The molecule has 0 radical (unpaired) electrons. The summed E-state index contributed by atoms with van der Waals surface area (Å²) >= 11 is 0. The second-order valence-corrected chi connectivity index (χ2v) is 5.54. The normalized spacial score (nSPS) is 10.9. The highest BCUT2D eigenvalue weighted by atomic mass is 16.5. The van der Waals surface area contributed by atoms with Crippen molar-refractivity contribution in [2.45, 2.75) is 13.1 Å². The van der Waals surface area contributed by atoms with Gasteiger partial charge in [-0.3, -0.25) is 0 Å². The highest BCUT2D eigenvalue weighted by Crippen LogP contribution is 2.28. The van der Waals surface area contributed by atoms with E-state index in [1.165, 1.54) is 12.1 Å². The zero-order chi connectivity index (χ0) is 18.1. The number of nitrogens with one attached hydrogen (secondary N) is 2. The SMILES string of the molecule is Oc1cccc(CNCCOCCNCc2cccc(O)c2O)c1O. The summed E-state index contributed by atoms with van der Waals surface area (Å²) in [6.45, 7) is 3.14. The van der Waals surface area contributed by atoms with Crippen LogP contribution in [0.15, 0.2) is 36.4 Å². The Labute approximate surface area is 146 Å². The second-order valence-electron chi connectivity index (χ2n) is 5.54. The van der Waals surface area contributed by atoms with Crippen LogP contribution in [0.1, 0.15) is 11.1 Å². The van der Waals surface area contributed by atoms with E-state index >= 15 is 0 Å². The largest absolute Gasteiger partial charge is 0.504 e. The van der Waals surface area contributed by atoms with Crippen LogP contribution >= 0.6 is 0 Å². The first-order chi connectivity index (χ1) is 12.1. The first kappa shape index (κ1) is 18.9. The van der Waals surface area contributed by atoms with Crippen molar-refractivity contribution < 1.29 is 25.2 Å². The fourth-order valence-corrected chi connectivity index (χ4v) is 2.28. The predicted molar refractivity (Wildman–Crippen MR) is 93.8 cm³/mol. The number of hydrogen-bond donors (Lipinski definition) is 6. The average molecular weight is 348 g/mol. The molecule has 0 saturated carbocycles. The van der Waals surface area contributed by atoms with E-state index in [1.807, 2.05) is 0 Å². The minimum Gasteiger partial charge on any atom is -0.504 e. The van der Waals surface area contributed by atoms with Gasteiger partial charge in [-0.25, -0.2) is 0 Å². The lowest BCUT2D eigenvalue weighted by Crippen LogP contribution is -2.23.